The van der Waals surface area contributed by atoms with E-state index >= 15 is 0 Å². The minimum atomic E-state index is 0.367. The Labute approximate surface area is 111 Å². The highest BCUT2D eigenvalue weighted by atomic mass is 35.5. The van der Waals surface area contributed by atoms with E-state index in [4.69, 9.17) is 22.1 Å². The van der Waals surface area contributed by atoms with Gasteiger partial charge >= 0.3 is 0 Å². The third-order valence-corrected chi connectivity index (χ3v) is 2.74. The van der Waals surface area contributed by atoms with Gasteiger partial charge < -0.3 is 10.5 Å². The molecule has 1 aromatic heterocycles. The normalized spacial score (nSPS) is 10.4. The fraction of sp³-hybridized carbons (Fsp3) is 0.231. The van der Waals surface area contributed by atoms with Crippen LogP contribution in [-0.4, -0.2) is 9.97 Å². The van der Waals surface area contributed by atoms with E-state index in [9.17, 15) is 0 Å². The molecule has 0 saturated heterocycles. The van der Waals surface area contributed by atoms with Crippen LogP contribution in [0.5, 0.6) is 11.6 Å². The van der Waals surface area contributed by atoms with Crippen LogP contribution in [0.25, 0.3) is 0 Å². The van der Waals surface area contributed by atoms with Crippen LogP contribution in [0.15, 0.2) is 24.5 Å². The number of benzene rings is 1. The SMILES string of the molecule is Cc1cc(Cl)cc(C)c1Oc1cnc(CN)cn1. The lowest BCUT2D eigenvalue weighted by Gasteiger charge is -2.11. The number of hydrogen-bond acceptors (Lipinski definition) is 4. The Bertz CT molecular complexity index is 532. The van der Waals surface area contributed by atoms with E-state index in [0.29, 0.717) is 17.4 Å². The monoisotopic (exact) mass is 263 g/mol. The zero-order valence-electron chi connectivity index (χ0n) is 10.3. The Hall–Kier alpha value is -1.65. The van der Waals surface area contributed by atoms with Crippen molar-refractivity contribution in [2.45, 2.75) is 20.4 Å². The number of rotatable bonds is 3. The molecule has 0 amide bonds. The second kappa shape index (κ2) is 5.33. The Morgan fingerprint density at radius 2 is 1.83 bits per heavy atom. The quantitative estimate of drug-likeness (QED) is 0.925. The molecule has 0 spiro atoms. The average Bonchev–Trinajstić information content (AvgIpc) is 2.34. The molecule has 0 aliphatic rings. The van der Waals surface area contributed by atoms with Gasteiger partial charge in [-0.1, -0.05) is 11.6 Å². The largest absolute Gasteiger partial charge is 0.437 e. The first kappa shape index (κ1) is 12.8. The molecule has 0 atom stereocenters. The molecule has 94 valence electrons. The fourth-order valence-corrected chi connectivity index (χ4v) is 1.99. The van der Waals surface area contributed by atoms with Crippen molar-refractivity contribution in [3.63, 3.8) is 0 Å². The molecular formula is C13H14ClN3O. The van der Waals surface area contributed by atoms with Crippen molar-refractivity contribution in [3.8, 4) is 11.6 Å². The predicted octanol–water partition coefficient (Wildman–Crippen LogP) is 3.00. The predicted molar refractivity (Wildman–Crippen MR) is 70.9 cm³/mol. The maximum absolute atomic E-state index is 5.97. The van der Waals surface area contributed by atoms with Crippen molar-refractivity contribution in [2.24, 2.45) is 5.73 Å². The summed E-state index contributed by atoms with van der Waals surface area (Å²) in [5.74, 6) is 1.20. The van der Waals surface area contributed by atoms with Gasteiger partial charge in [0.15, 0.2) is 0 Å². The summed E-state index contributed by atoms with van der Waals surface area (Å²) in [6.45, 7) is 4.25. The first-order valence-corrected chi connectivity index (χ1v) is 5.93. The summed E-state index contributed by atoms with van der Waals surface area (Å²) in [5.41, 5.74) is 8.11. The smallest absolute Gasteiger partial charge is 0.237 e. The molecule has 2 rings (SSSR count). The fourth-order valence-electron chi connectivity index (χ4n) is 1.66. The third-order valence-electron chi connectivity index (χ3n) is 2.52. The number of ether oxygens (including phenoxy) is 1. The van der Waals surface area contributed by atoms with Gasteiger partial charge in [0, 0.05) is 11.6 Å². The third kappa shape index (κ3) is 2.78. The molecule has 0 unspecified atom stereocenters. The number of hydrogen-bond donors (Lipinski definition) is 1. The van der Waals surface area contributed by atoms with Gasteiger partial charge in [0.1, 0.15) is 5.75 Å². The lowest BCUT2D eigenvalue weighted by atomic mass is 10.1. The Morgan fingerprint density at radius 1 is 1.17 bits per heavy atom. The summed E-state index contributed by atoms with van der Waals surface area (Å²) in [5, 5.41) is 0.696. The van der Waals surface area contributed by atoms with Gasteiger partial charge in [-0.2, -0.15) is 0 Å². The summed E-state index contributed by atoms with van der Waals surface area (Å²) in [4.78, 5) is 8.28. The van der Waals surface area contributed by atoms with Crippen molar-refractivity contribution in [3.05, 3.63) is 46.4 Å². The highest BCUT2D eigenvalue weighted by molar-refractivity contribution is 6.30. The average molecular weight is 264 g/mol. The standard InChI is InChI=1S/C13H14ClN3O/c1-8-3-10(14)4-9(2)13(8)18-12-7-16-11(5-15)6-17-12/h3-4,6-7H,5,15H2,1-2H3. The van der Waals surface area contributed by atoms with E-state index in [-0.39, 0.29) is 0 Å². The van der Waals surface area contributed by atoms with Crippen LogP contribution in [0.4, 0.5) is 0 Å². The number of aromatic nitrogens is 2. The first-order valence-electron chi connectivity index (χ1n) is 5.55. The summed E-state index contributed by atoms with van der Waals surface area (Å²) < 4.78 is 5.72. The topological polar surface area (TPSA) is 61.0 Å². The molecule has 4 nitrogen and oxygen atoms in total. The molecule has 18 heavy (non-hydrogen) atoms. The van der Waals surface area contributed by atoms with Gasteiger partial charge in [0.05, 0.1) is 18.1 Å². The maximum atomic E-state index is 5.97. The molecule has 0 bridgehead atoms. The summed E-state index contributed by atoms with van der Waals surface area (Å²) in [6.07, 6.45) is 3.17. The Balaban J connectivity index is 2.28. The van der Waals surface area contributed by atoms with Crippen LogP contribution >= 0.6 is 11.6 Å². The van der Waals surface area contributed by atoms with Crippen molar-refractivity contribution in [1.82, 2.24) is 9.97 Å². The number of nitrogens with zero attached hydrogens (tertiary/aromatic N) is 2. The number of halogens is 1. The summed E-state index contributed by atoms with van der Waals surface area (Å²) in [6, 6.07) is 3.71. The van der Waals surface area contributed by atoms with Crippen LogP contribution in [0.1, 0.15) is 16.8 Å². The van der Waals surface area contributed by atoms with Gasteiger partial charge in [0.2, 0.25) is 5.88 Å². The lowest BCUT2D eigenvalue weighted by Crippen LogP contribution is -2.01. The lowest BCUT2D eigenvalue weighted by molar-refractivity contribution is 0.452. The van der Waals surface area contributed by atoms with Gasteiger partial charge in [-0.25, -0.2) is 4.98 Å². The van der Waals surface area contributed by atoms with Crippen molar-refractivity contribution >= 4 is 11.6 Å². The second-order valence-electron chi connectivity index (χ2n) is 4.02. The van der Waals surface area contributed by atoms with Gasteiger partial charge in [-0.3, -0.25) is 4.98 Å². The minimum Gasteiger partial charge on any atom is -0.437 e. The van der Waals surface area contributed by atoms with E-state index in [1.807, 2.05) is 26.0 Å². The summed E-state index contributed by atoms with van der Waals surface area (Å²) >= 11 is 5.97. The van der Waals surface area contributed by atoms with Gasteiger partial charge in [-0.05, 0) is 37.1 Å². The van der Waals surface area contributed by atoms with E-state index < -0.39 is 0 Å². The van der Waals surface area contributed by atoms with E-state index in [1.165, 1.54) is 0 Å². The molecule has 0 radical (unpaired) electrons. The first-order chi connectivity index (χ1) is 8.60. The molecule has 0 fully saturated rings. The Morgan fingerprint density at radius 3 is 2.33 bits per heavy atom. The number of nitrogens with two attached hydrogens (primary N) is 1. The van der Waals surface area contributed by atoms with E-state index in [2.05, 4.69) is 9.97 Å². The van der Waals surface area contributed by atoms with Crippen molar-refractivity contribution in [1.29, 1.82) is 0 Å². The van der Waals surface area contributed by atoms with E-state index in [0.717, 1.165) is 22.6 Å². The highest BCUT2D eigenvalue weighted by Gasteiger charge is 2.08. The molecule has 1 aromatic carbocycles. The minimum absolute atomic E-state index is 0.367. The van der Waals surface area contributed by atoms with Gasteiger partial charge in [-0.15, -0.1) is 0 Å². The summed E-state index contributed by atoms with van der Waals surface area (Å²) in [7, 11) is 0. The molecule has 2 N–H and O–H groups in total. The van der Waals surface area contributed by atoms with Crippen LogP contribution in [0, 0.1) is 13.8 Å². The number of aryl methyl sites for hydroxylation is 2. The second-order valence-corrected chi connectivity index (χ2v) is 4.46. The zero-order chi connectivity index (χ0) is 13.1. The molecule has 0 aliphatic carbocycles. The molecule has 0 saturated carbocycles. The molecule has 2 aromatic rings. The molecule has 0 aliphatic heterocycles. The molecule has 5 heteroatoms. The van der Waals surface area contributed by atoms with Crippen molar-refractivity contribution < 1.29 is 4.74 Å². The maximum Gasteiger partial charge on any atom is 0.237 e. The van der Waals surface area contributed by atoms with Crippen LogP contribution in [0.3, 0.4) is 0 Å². The molecule has 1 heterocycles. The van der Waals surface area contributed by atoms with Crippen LogP contribution < -0.4 is 10.5 Å². The van der Waals surface area contributed by atoms with E-state index in [1.54, 1.807) is 12.4 Å². The zero-order valence-corrected chi connectivity index (χ0v) is 11.0. The Kier molecular flexibility index (Phi) is 3.79. The van der Waals surface area contributed by atoms with Crippen LogP contribution in [-0.2, 0) is 6.54 Å². The molecular weight excluding hydrogens is 250 g/mol. The van der Waals surface area contributed by atoms with Crippen molar-refractivity contribution in [2.75, 3.05) is 0 Å². The highest BCUT2D eigenvalue weighted by Crippen LogP contribution is 2.30. The van der Waals surface area contributed by atoms with Crippen LogP contribution in [0.2, 0.25) is 5.02 Å². The van der Waals surface area contributed by atoms with Gasteiger partial charge in [0.25, 0.3) is 0 Å².